The molecule has 78 valence electrons. The topological polar surface area (TPSA) is 26.3 Å². The van der Waals surface area contributed by atoms with Crippen LogP contribution in [-0.4, -0.2) is 40.6 Å². The average molecular weight is 203 g/mol. The molecule has 0 aliphatic carbocycles. The first-order valence-corrected chi connectivity index (χ1v) is 6.59. The Labute approximate surface area is 84.9 Å². The van der Waals surface area contributed by atoms with Crippen LogP contribution in [0.4, 0.5) is 0 Å². The van der Waals surface area contributed by atoms with Gasteiger partial charge in [0.15, 0.2) is 0 Å². The fraction of sp³-hybridized carbons (Fsp3) is 1.00. The van der Waals surface area contributed by atoms with Crippen molar-refractivity contribution in [1.29, 1.82) is 0 Å². The summed E-state index contributed by atoms with van der Waals surface area (Å²) in [5.41, 5.74) is 0.416. The highest BCUT2D eigenvalue weighted by Gasteiger charge is 2.24. The van der Waals surface area contributed by atoms with E-state index in [0.29, 0.717) is 5.41 Å². The molecule has 1 aliphatic heterocycles. The van der Waals surface area contributed by atoms with E-state index in [1.54, 1.807) is 0 Å². The minimum Gasteiger partial charge on any atom is -0.616 e. The molecule has 0 N–H and O–H groups in total. The maximum absolute atomic E-state index is 11.1. The molecule has 1 saturated heterocycles. The van der Waals surface area contributed by atoms with Gasteiger partial charge in [-0.2, -0.15) is 0 Å². The second kappa shape index (κ2) is 4.67. The summed E-state index contributed by atoms with van der Waals surface area (Å²) < 4.78 is 11.1. The van der Waals surface area contributed by atoms with Crippen molar-refractivity contribution >= 4 is 11.2 Å². The Hall–Kier alpha value is 0.270. The summed E-state index contributed by atoms with van der Waals surface area (Å²) in [6.45, 7) is 10.0. The molecular formula is C10H21NOS. The molecule has 1 aliphatic rings. The van der Waals surface area contributed by atoms with Crippen molar-refractivity contribution in [2.45, 2.75) is 27.2 Å². The summed E-state index contributed by atoms with van der Waals surface area (Å²) in [6, 6.07) is 0. The molecule has 2 nitrogen and oxygen atoms in total. The van der Waals surface area contributed by atoms with Gasteiger partial charge in [0.2, 0.25) is 0 Å². The molecule has 0 amide bonds. The van der Waals surface area contributed by atoms with Gasteiger partial charge in [0.1, 0.15) is 11.5 Å². The molecule has 1 heterocycles. The van der Waals surface area contributed by atoms with E-state index in [-0.39, 0.29) is 0 Å². The van der Waals surface area contributed by atoms with E-state index < -0.39 is 11.2 Å². The van der Waals surface area contributed by atoms with Crippen LogP contribution in [-0.2, 0) is 11.2 Å². The summed E-state index contributed by atoms with van der Waals surface area (Å²) in [4.78, 5) is 2.45. The molecule has 0 aromatic heterocycles. The number of nitrogens with zero attached hydrogens (tertiary/aromatic N) is 1. The quantitative estimate of drug-likeness (QED) is 0.650. The van der Waals surface area contributed by atoms with Gasteiger partial charge in [-0.25, -0.2) is 0 Å². The van der Waals surface area contributed by atoms with Crippen LogP contribution < -0.4 is 0 Å². The lowest BCUT2D eigenvalue weighted by atomic mass is 9.90. The summed E-state index contributed by atoms with van der Waals surface area (Å²) >= 11 is -0.533. The third-order valence-electron chi connectivity index (χ3n) is 2.88. The highest BCUT2D eigenvalue weighted by atomic mass is 32.2. The van der Waals surface area contributed by atoms with Gasteiger partial charge in [0.05, 0.1) is 0 Å². The van der Waals surface area contributed by atoms with E-state index in [0.717, 1.165) is 31.1 Å². The van der Waals surface area contributed by atoms with Crippen LogP contribution in [0.1, 0.15) is 27.2 Å². The minimum absolute atomic E-state index is 0.416. The maximum atomic E-state index is 11.1. The van der Waals surface area contributed by atoms with Crippen molar-refractivity contribution < 1.29 is 4.55 Å². The van der Waals surface area contributed by atoms with Crippen molar-refractivity contribution in [2.24, 2.45) is 5.41 Å². The van der Waals surface area contributed by atoms with Gasteiger partial charge in [0.25, 0.3) is 0 Å². The fourth-order valence-electron chi connectivity index (χ4n) is 1.55. The largest absolute Gasteiger partial charge is 0.616 e. The Kier molecular flexibility index (Phi) is 4.07. The van der Waals surface area contributed by atoms with Crippen molar-refractivity contribution in [1.82, 2.24) is 4.90 Å². The molecule has 0 spiro atoms. The summed E-state index contributed by atoms with van der Waals surface area (Å²) in [5.74, 6) is 1.75. The van der Waals surface area contributed by atoms with Crippen LogP contribution in [0.15, 0.2) is 0 Å². The molecule has 1 fully saturated rings. The van der Waals surface area contributed by atoms with Crippen molar-refractivity contribution in [3.63, 3.8) is 0 Å². The minimum atomic E-state index is -0.533. The zero-order chi connectivity index (χ0) is 9.90. The lowest BCUT2D eigenvalue weighted by molar-refractivity contribution is 0.184. The molecule has 0 saturated carbocycles. The van der Waals surface area contributed by atoms with Crippen molar-refractivity contribution in [3.05, 3.63) is 0 Å². The Bertz CT molecular complexity index is 153. The SMILES string of the molecule is CCC(C)(C)CN1CC[S+]([O-])CC1. The zero-order valence-electron chi connectivity index (χ0n) is 9.01. The van der Waals surface area contributed by atoms with Gasteiger partial charge in [0, 0.05) is 19.6 Å². The van der Waals surface area contributed by atoms with Crippen LogP contribution >= 0.6 is 0 Å². The Balaban J connectivity index is 2.30. The fourth-order valence-corrected chi connectivity index (χ4v) is 2.68. The summed E-state index contributed by atoms with van der Waals surface area (Å²) in [6.07, 6.45) is 1.21. The molecule has 0 unspecified atom stereocenters. The van der Waals surface area contributed by atoms with Crippen LogP contribution in [0.25, 0.3) is 0 Å². The first kappa shape index (κ1) is 11.3. The van der Waals surface area contributed by atoms with Crippen LogP contribution in [0.3, 0.4) is 0 Å². The van der Waals surface area contributed by atoms with Crippen molar-refractivity contribution in [3.8, 4) is 0 Å². The lowest BCUT2D eigenvalue weighted by Crippen LogP contribution is -2.44. The van der Waals surface area contributed by atoms with Gasteiger partial charge in [-0.1, -0.05) is 31.9 Å². The second-order valence-electron chi connectivity index (χ2n) is 4.64. The highest BCUT2D eigenvalue weighted by molar-refractivity contribution is 7.91. The van der Waals surface area contributed by atoms with E-state index >= 15 is 0 Å². The molecule has 0 atom stereocenters. The van der Waals surface area contributed by atoms with Gasteiger partial charge in [-0.15, -0.1) is 0 Å². The smallest absolute Gasteiger partial charge is 0.118 e. The normalized spacial score (nSPS) is 22.2. The molecule has 0 bridgehead atoms. The molecule has 0 radical (unpaired) electrons. The van der Waals surface area contributed by atoms with E-state index in [9.17, 15) is 4.55 Å². The molecule has 0 aromatic rings. The first-order valence-electron chi connectivity index (χ1n) is 5.11. The number of hydrogen-bond acceptors (Lipinski definition) is 2. The van der Waals surface area contributed by atoms with E-state index in [1.165, 1.54) is 6.42 Å². The molecule has 0 aromatic carbocycles. The van der Waals surface area contributed by atoms with E-state index in [1.807, 2.05) is 0 Å². The molecular weight excluding hydrogens is 182 g/mol. The predicted octanol–water partition coefficient (Wildman–Crippen LogP) is 1.49. The zero-order valence-corrected chi connectivity index (χ0v) is 9.82. The summed E-state index contributed by atoms with van der Waals surface area (Å²) in [5, 5.41) is 0. The molecule has 3 heteroatoms. The Morgan fingerprint density at radius 2 is 1.85 bits per heavy atom. The Morgan fingerprint density at radius 1 is 1.31 bits per heavy atom. The molecule has 1 rings (SSSR count). The number of rotatable bonds is 3. The average Bonchev–Trinajstić information content (AvgIpc) is 2.09. The van der Waals surface area contributed by atoms with Gasteiger partial charge >= 0.3 is 0 Å². The van der Waals surface area contributed by atoms with E-state index in [4.69, 9.17) is 0 Å². The van der Waals surface area contributed by atoms with Gasteiger partial charge in [-0.05, 0) is 11.8 Å². The third-order valence-corrected chi connectivity index (χ3v) is 4.15. The highest BCUT2D eigenvalue weighted by Crippen LogP contribution is 2.21. The van der Waals surface area contributed by atoms with Crippen LogP contribution in [0, 0.1) is 5.41 Å². The van der Waals surface area contributed by atoms with Crippen molar-refractivity contribution in [2.75, 3.05) is 31.1 Å². The third kappa shape index (κ3) is 3.88. The molecule has 13 heavy (non-hydrogen) atoms. The number of hydrogen-bond donors (Lipinski definition) is 0. The lowest BCUT2D eigenvalue weighted by Gasteiger charge is -2.34. The monoisotopic (exact) mass is 203 g/mol. The maximum Gasteiger partial charge on any atom is 0.118 e. The predicted molar refractivity (Wildman–Crippen MR) is 58.4 cm³/mol. The second-order valence-corrected chi connectivity index (χ2v) is 6.34. The van der Waals surface area contributed by atoms with Gasteiger partial charge in [-0.3, -0.25) is 4.90 Å². The standard InChI is InChI=1S/C10H21NOS/c1-4-10(2,3)9-11-5-7-13(12)8-6-11/h4-9H2,1-3H3. The van der Waals surface area contributed by atoms with Crippen LogP contribution in [0.5, 0.6) is 0 Å². The Morgan fingerprint density at radius 3 is 2.31 bits per heavy atom. The van der Waals surface area contributed by atoms with Crippen LogP contribution in [0.2, 0.25) is 0 Å². The summed E-state index contributed by atoms with van der Waals surface area (Å²) in [7, 11) is 0. The van der Waals surface area contributed by atoms with E-state index in [2.05, 4.69) is 25.7 Å². The first-order chi connectivity index (χ1) is 6.03. The van der Waals surface area contributed by atoms with Gasteiger partial charge < -0.3 is 4.55 Å².